The molecule has 4 rings (SSSR count). The van der Waals surface area contributed by atoms with Crippen molar-refractivity contribution in [1.82, 2.24) is 15.0 Å². The van der Waals surface area contributed by atoms with Crippen LogP contribution < -0.4 is 5.32 Å². The highest BCUT2D eigenvalue weighted by Crippen LogP contribution is 2.24. The quantitative estimate of drug-likeness (QED) is 0.642. The van der Waals surface area contributed by atoms with Crippen molar-refractivity contribution in [2.24, 2.45) is 0 Å². The van der Waals surface area contributed by atoms with Crippen molar-refractivity contribution in [2.45, 2.75) is 19.3 Å². The average Bonchev–Trinajstić information content (AvgIpc) is 3.42. The van der Waals surface area contributed by atoms with E-state index in [2.05, 4.69) is 15.5 Å². The number of thiophene rings is 1. The van der Waals surface area contributed by atoms with Gasteiger partial charge in [0.2, 0.25) is 29.4 Å². The smallest absolute Gasteiger partial charge is 0.244 e. The van der Waals surface area contributed by atoms with Crippen LogP contribution in [0.4, 0.5) is 5.69 Å². The maximum Gasteiger partial charge on any atom is 0.244 e. The minimum atomic E-state index is -0.430. The first-order chi connectivity index (χ1) is 13.6. The van der Waals surface area contributed by atoms with Gasteiger partial charge in [0, 0.05) is 18.5 Å². The second kappa shape index (κ2) is 7.73. The van der Waals surface area contributed by atoms with E-state index in [0.717, 1.165) is 15.3 Å². The molecular formula is C19H16N4O4S. The molecule has 8 nitrogen and oxygen atoms in total. The maximum absolute atomic E-state index is 12.3. The Balaban J connectivity index is 1.46. The van der Waals surface area contributed by atoms with E-state index in [1.807, 2.05) is 29.6 Å². The number of rotatable bonds is 6. The summed E-state index contributed by atoms with van der Waals surface area (Å²) in [6.07, 6.45) is 0.662. The summed E-state index contributed by atoms with van der Waals surface area (Å²) in [5, 5.41) is 8.68. The van der Waals surface area contributed by atoms with Crippen LogP contribution in [0.3, 0.4) is 0 Å². The molecule has 0 radical (unpaired) electrons. The molecule has 0 bridgehead atoms. The number of amides is 3. The molecule has 0 saturated carbocycles. The van der Waals surface area contributed by atoms with Gasteiger partial charge >= 0.3 is 0 Å². The number of hydrogen-bond acceptors (Lipinski definition) is 7. The van der Waals surface area contributed by atoms with Gasteiger partial charge < -0.3 is 9.84 Å². The van der Waals surface area contributed by atoms with E-state index in [-0.39, 0.29) is 31.2 Å². The van der Waals surface area contributed by atoms with Gasteiger partial charge in [-0.3, -0.25) is 19.3 Å². The third-order valence-corrected chi connectivity index (χ3v) is 5.17. The van der Waals surface area contributed by atoms with Gasteiger partial charge in [0.1, 0.15) is 6.54 Å². The zero-order chi connectivity index (χ0) is 19.5. The molecule has 0 spiro atoms. The zero-order valence-electron chi connectivity index (χ0n) is 14.8. The van der Waals surface area contributed by atoms with E-state index in [9.17, 15) is 14.4 Å². The summed E-state index contributed by atoms with van der Waals surface area (Å²) in [4.78, 5) is 42.0. The maximum atomic E-state index is 12.3. The summed E-state index contributed by atoms with van der Waals surface area (Å²) < 4.78 is 5.32. The summed E-state index contributed by atoms with van der Waals surface area (Å²) in [6.45, 7) is -0.283. The SMILES string of the molecule is O=C(CN1C(=O)CCC1=O)Nc1ccccc1Cc1nc(-c2cccs2)no1. The van der Waals surface area contributed by atoms with Crippen LogP contribution in [0.1, 0.15) is 24.3 Å². The summed E-state index contributed by atoms with van der Waals surface area (Å²) in [7, 11) is 0. The van der Waals surface area contributed by atoms with Crippen molar-refractivity contribution in [3.63, 3.8) is 0 Å². The van der Waals surface area contributed by atoms with Gasteiger partial charge in [-0.15, -0.1) is 11.3 Å². The van der Waals surface area contributed by atoms with Crippen molar-refractivity contribution in [3.8, 4) is 10.7 Å². The molecule has 9 heteroatoms. The van der Waals surface area contributed by atoms with E-state index >= 15 is 0 Å². The highest BCUT2D eigenvalue weighted by molar-refractivity contribution is 7.13. The van der Waals surface area contributed by atoms with Crippen molar-refractivity contribution in [2.75, 3.05) is 11.9 Å². The predicted molar refractivity (Wildman–Crippen MR) is 101 cm³/mol. The van der Waals surface area contributed by atoms with Crippen molar-refractivity contribution in [3.05, 3.63) is 53.2 Å². The number of benzene rings is 1. The second-order valence-electron chi connectivity index (χ2n) is 6.24. The summed E-state index contributed by atoms with van der Waals surface area (Å²) in [5.41, 5.74) is 1.36. The predicted octanol–water partition coefficient (Wildman–Crippen LogP) is 2.48. The van der Waals surface area contributed by atoms with Crippen LogP contribution in [0.2, 0.25) is 0 Å². The lowest BCUT2D eigenvalue weighted by molar-refractivity contribution is -0.141. The minimum Gasteiger partial charge on any atom is -0.339 e. The van der Waals surface area contributed by atoms with Gasteiger partial charge in [-0.1, -0.05) is 29.4 Å². The number of anilines is 1. The van der Waals surface area contributed by atoms with Crippen LogP contribution in [0.15, 0.2) is 46.3 Å². The van der Waals surface area contributed by atoms with Gasteiger partial charge in [0.15, 0.2) is 0 Å². The van der Waals surface area contributed by atoms with E-state index in [1.165, 1.54) is 11.3 Å². The molecule has 3 amide bonds. The van der Waals surface area contributed by atoms with E-state index in [4.69, 9.17) is 4.52 Å². The number of carbonyl (C=O) groups excluding carboxylic acids is 3. The normalized spacial score (nSPS) is 13.9. The highest BCUT2D eigenvalue weighted by Gasteiger charge is 2.30. The van der Waals surface area contributed by atoms with E-state index in [1.54, 1.807) is 12.1 Å². The zero-order valence-corrected chi connectivity index (χ0v) is 15.6. The molecular weight excluding hydrogens is 380 g/mol. The van der Waals surface area contributed by atoms with Gasteiger partial charge in [0.25, 0.3) is 0 Å². The molecule has 0 aliphatic carbocycles. The number of likely N-dealkylation sites (tertiary alicyclic amines) is 1. The molecule has 142 valence electrons. The number of nitrogens with zero attached hydrogens (tertiary/aromatic N) is 3. The van der Waals surface area contributed by atoms with Gasteiger partial charge in [-0.25, -0.2) is 0 Å². The Morgan fingerprint density at radius 2 is 1.93 bits per heavy atom. The van der Waals surface area contributed by atoms with Crippen molar-refractivity contribution >= 4 is 34.7 Å². The molecule has 3 aromatic rings. The first kappa shape index (κ1) is 18.1. The summed E-state index contributed by atoms with van der Waals surface area (Å²) in [6, 6.07) is 11.0. The standard InChI is InChI=1S/C19H16N4O4S/c24-15(11-23-17(25)7-8-18(23)26)20-13-5-2-1-4-12(13)10-16-21-19(22-27-16)14-6-3-9-28-14/h1-6,9H,7-8,10-11H2,(H,20,24). The van der Waals surface area contributed by atoms with E-state index in [0.29, 0.717) is 23.8 Å². The monoisotopic (exact) mass is 396 g/mol. The Morgan fingerprint density at radius 1 is 1.14 bits per heavy atom. The largest absolute Gasteiger partial charge is 0.339 e. The number of carbonyl (C=O) groups is 3. The fourth-order valence-corrected chi connectivity index (χ4v) is 3.57. The first-order valence-corrected chi connectivity index (χ1v) is 9.55. The van der Waals surface area contributed by atoms with Crippen LogP contribution in [0.25, 0.3) is 10.7 Å². The molecule has 1 aromatic carbocycles. The van der Waals surface area contributed by atoms with Crippen LogP contribution in [-0.4, -0.2) is 39.3 Å². The lowest BCUT2D eigenvalue weighted by Gasteiger charge is -2.14. The first-order valence-electron chi connectivity index (χ1n) is 8.67. The van der Waals surface area contributed by atoms with Crippen LogP contribution in [0, 0.1) is 0 Å². The Bertz CT molecular complexity index is 1010. The van der Waals surface area contributed by atoms with Gasteiger partial charge in [-0.05, 0) is 23.1 Å². The molecule has 1 saturated heterocycles. The topological polar surface area (TPSA) is 105 Å². The van der Waals surface area contributed by atoms with Gasteiger partial charge in [-0.2, -0.15) is 4.98 Å². The Labute approximate surface area is 164 Å². The molecule has 0 unspecified atom stereocenters. The third-order valence-electron chi connectivity index (χ3n) is 4.30. The fraction of sp³-hybridized carbons (Fsp3) is 0.211. The van der Waals surface area contributed by atoms with Crippen molar-refractivity contribution < 1.29 is 18.9 Å². The number of para-hydroxylation sites is 1. The Hall–Kier alpha value is -3.33. The molecule has 2 aromatic heterocycles. The Morgan fingerprint density at radius 3 is 2.68 bits per heavy atom. The molecule has 28 heavy (non-hydrogen) atoms. The molecule has 1 aliphatic rings. The molecule has 1 fully saturated rings. The number of nitrogens with one attached hydrogen (secondary N) is 1. The third kappa shape index (κ3) is 3.84. The summed E-state index contributed by atoms with van der Waals surface area (Å²) >= 11 is 1.52. The average molecular weight is 396 g/mol. The molecule has 3 heterocycles. The number of aromatic nitrogens is 2. The van der Waals surface area contributed by atoms with E-state index < -0.39 is 5.91 Å². The van der Waals surface area contributed by atoms with Crippen molar-refractivity contribution in [1.29, 1.82) is 0 Å². The Kier molecular flexibility index (Phi) is 4.98. The lowest BCUT2D eigenvalue weighted by atomic mass is 10.1. The highest BCUT2D eigenvalue weighted by atomic mass is 32.1. The molecule has 1 N–H and O–H groups in total. The number of hydrogen-bond donors (Lipinski definition) is 1. The summed E-state index contributed by atoms with van der Waals surface area (Å²) in [5.74, 6) is -0.116. The molecule has 1 aliphatic heterocycles. The fourth-order valence-electron chi connectivity index (χ4n) is 2.92. The van der Waals surface area contributed by atoms with Crippen LogP contribution in [0.5, 0.6) is 0 Å². The number of imide groups is 1. The second-order valence-corrected chi connectivity index (χ2v) is 7.19. The molecule has 0 atom stereocenters. The van der Waals surface area contributed by atoms with Crippen LogP contribution >= 0.6 is 11.3 Å². The minimum absolute atomic E-state index is 0.159. The van der Waals surface area contributed by atoms with Crippen LogP contribution in [-0.2, 0) is 20.8 Å². The van der Waals surface area contributed by atoms with Gasteiger partial charge in [0.05, 0.1) is 11.3 Å². The lowest BCUT2D eigenvalue weighted by Crippen LogP contribution is -2.37.